The second-order valence-corrected chi connectivity index (χ2v) is 8.85. The van der Waals surface area contributed by atoms with Gasteiger partial charge in [0, 0.05) is 24.2 Å². The molecule has 2 heterocycles. The van der Waals surface area contributed by atoms with Crippen LogP contribution in [0.15, 0.2) is 30.7 Å². The Kier molecular flexibility index (Phi) is 5.42. The van der Waals surface area contributed by atoms with Crippen molar-refractivity contribution in [2.45, 2.75) is 60.8 Å². The third-order valence-corrected chi connectivity index (χ3v) is 4.19. The zero-order valence-electron chi connectivity index (χ0n) is 15.8. The fourth-order valence-electron chi connectivity index (χ4n) is 3.15. The van der Waals surface area contributed by atoms with Crippen molar-refractivity contribution in [2.24, 2.45) is 10.8 Å². The smallest absolute Gasteiger partial charge is 0.216 e. The Morgan fingerprint density at radius 3 is 2.29 bits per heavy atom. The van der Waals surface area contributed by atoms with E-state index in [1.54, 1.807) is 6.20 Å². The summed E-state index contributed by atoms with van der Waals surface area (Å²) in [5.41, 5.74) is 4.46. The molecule has 0 saturated carbocycles. The van der Waals surface area contributed by atoms with Crippen molar-refractivity contribution < 1.29 is 4.39 Å². The molecular formula is C21H29FN2. The van der Waals surface area contributed by atoms with Crippen LogP contribution < -0.4 is 0 Å². The van der Waals surface area contributed by atoms with Gasteiger partial charge in [0.1, 0.15) is 0 Å². The number of nitrogens with zero attached hydrogens (tertiary/aromatic N) is 2. The molecule has 0 bridgehead atoms. The molecule has 24 heavy (non-hydrogen) atoms. The number of rotatable bonds is 5. The van der Waals surface area contributed by atoms with Crippen LogP contribution in [0.2, 0.25) is 0 Å². The van der Waals surface area contributed by atoms with E-state index in [-0.39, 0.29) is 16.8 Å². The first-order valence-corrected chi connectivity index (χ1v) is 8.59. The third-order valence-electron chi connectivity index (χ3n) is 4.19. The Labute approximate surface area is 145 Å². The number of hydrogen-bond acceptors (Lipinski definition) is 2. The lowest BCUT2D eigenvalue weighted by Gasteiger charge is -2.26. The van der Waals surface area contributed by atoms with Gasteiger partial charge in [-0.25, -0.2) is 4.98 Å². The van der Waals surface area contributed by atoms with E-state index >= 15 is 0 Å². The van der Waals surface area contributed by atoms with Gasteiger partial charge in [-0.15, -0.1) is 0 Å². The Bertz CT molecular complexity index is 699. The summed E-state index contributed by atoms with van der Waals surface area (Å²) in [6, 6.07) is 4.04. The standard InChI is InChI=1S/C21H29FN2/c1-15-7-8-23-14-18(15)12-21(5,6)10-16-9-17(11-20(2,3)4)19(22)24-13-16/h7-9,13-14H,10-12H2,1-6H3. The van der Waals surface area contributed by atoms with Crippen LogP contribution in [0.4, 0.5) is 4.39 Å². The number of hydrogen-bond donors (Lipinski definition) is 0. The van der Waals surface area contributed by atoms with E-state index in [9.17, 15) is 4.39 Å². The van der Waals surface area contributed by atoms with E-state index in [0.29, 0.717) is 12.0 Å². The molecular weight excluding hydrogens is 299 g/mol. The van der Waals surface area contributed by atoms with E-state index in [2.05, 4.69) is 51.5 Å². The highest BCUT2D eigenvalue weighted by atomic mass is 19.1. The van der Waals surface area contributed by atoms with Gasteiger partial charge in [-0.2, -0.15) is 4.39 Å². The molecule has 2 aromatic rings. The number of pyridine rings is 2. The summed E-state index contributed by atoms with van der Waals surface area (Å²) in [5, 5.41) is 0. The van der Waals surface area contributed by atoms with Gasteiger partial charge >= 0.3 is 0 Å². The second kappa shape index (κ2) is 7.00. The molecule has 0 aromatic carbocycles. The van der Waals surface area contributed by atoms with Crippen LogP contribution in [-0.4, -0.2) is 9.97 Å². The lowest BCUT2D eigenvalue weighted by atomic mass is 9.79. The average Bonchev–Trinajstić information content (AvgIpc) is 2.43. The molecule has 0 aliphatic heterocycles. The molecule has 0 spiro atoms. The predicted molar refractivity (Wildman–Crippen MR) is 97.5 cm³/mol. The first-order valence-electron chi connectivity index (χ1n) is 8.59. The summed E-state index contributed by atoms with van der Waals surface area (Å²) >= 11 is 0. The maximum absolute atomic E-state index is 14.0. The van der Waals surface area contributed by atoms with Crippen molar-refractivity contribution in [3.05, 3.63) is 58.9 Å². The van der Waals surface area contributed by atoms with Crippen molar-refractivity contribution in [3.8, 4) is 0 Å². The van der Waals surface area contributed by atoms with Crippen LogP contribution in [0.1, 0.15) is 56.9 Å². The summed E-state index contributed by atoms with van der Waals surface area (Å²) in [6.45, 7) is 13.0. The van der Waals surface area contributed by atoms with Gasteiger partial charge < -0.3 is 0 Å². The van der Waals surface area contributed by atoms with Gasteiger partial charge in [-0.1, -0.05) is 34.6 Å². The molecule has 0 atom stereocenters. The number of aromatic nitrogens is 2. The van der Waals surface area contributed by atoms with E-state index in [1.807, 2.05) is 24.5 Å². The minimum Gasteiger partial charge on any atom is -0.264 e. The number of aryl methyl sites for hydroxylation is 1. The van der Waals surface area contributed by atoms with Crippen LogP contribution in [0, 0.1) is 23.7 Å². The van der Waals surface area contributed by atoms with Crippen LogP contribution in [0.5, 0.6) is 0 Å². The van der Waals surface area contributed by atoms with Crippen molar-refractivity contribution >= 4 is 0 Å². The summed E-state index contributed by atoms with van der Waals surface area (Å²) in [7, 11) is 0. The van der Waals surface area contributed by atoms with Crippen molar-refractivity contribution in [1.82, 2.24) is 9.97 Å². The minimum absolute atomic E-state index is 0.0451. The molecule has 0 fully saturated rings. The van der Waals surface area contributed by atoms with E-state index in [1.165, 1.54) is 11.1 Å². The normalized spacial score (nSPS) is 12.5. The third kappa shape index (κ3) is 5.40. The predicted octanol–water partition coefficient (Wildman–Crippen LogP) is 5.32. The quantitative estimate of drug-likeness (QED) is 0.694. The van der Waals surface area contributed by atoms with Gasteiger partial charge in [-0.05, 0) is 65.8 Å². The lowest BCUT2D eigenvalue weighted by Crippen LogP contribution is -2.20. The summed E-state index contributed by atoms with van der Waals surface area (Å²) in [6.07, 6.45) is 7.96. The molecule has 0 radical (unpaired) electrons. The molecule has 0 unspecified atom stereocenters. The van der Waals surface area contributed by atoms with Crippen LogP contribution >= 0.6 is 0 Å². The SMILES string of the molecule is Cc1ccncc1CC(C)(C)Cc1cnc(F)c(CC(C)(C)C)c1. The Balaban J connectivity index is 2.17. The van der Waals surface area contributed by atoms with E-state index < -0.39 is 0 Å². The summed E-state index contributed by atoms with van der Waals surface area (Å²) < 4.78 is 14.0. The van der Waals surface area contributed by atoms with Crippen LogP contribution in [0.3, 0.4) is 0 Å². The van der Waals surface area contributed by atoms with E-state index in [0.717, 1.165) is 18.4 Å². The number of halogens is 1. The van der Waals surface area contributed by atoms with Gasteiger partial charge in [0.05, 0.1) is 0 Å². The highest BCUT2D eigenvalue weighted by molar-refractivity contribution is 5.25. The molecule has 0 aliphatic rings. The first-order chi connectivity index (χ1) is 11.1. The van der Waals surface area contributed by atoms with Crippen LogP contribution in [-0.2, 0) is 19.3 Å². The Hall–Kier alpha value is -1.77. The molecule has 2 aromatic heterocycles. The monoisotopic (exact) mass is 328 g/mol. The first kappa shape index (κ1) is 18.6. The maximum atomic E-state index is 14.0. The lowest BCUT2D eigenvalue weighted by molar-refractivity contribution is 0.357. The van der Waals surface area contributed by atoms with Crippen molar-refractivity contribution in [3.63, 3.8) is 0 Å². The Morgan fingerprint density at radius 1 is 0.958 bits per heavy atom. The van der Waals surface area contributed by atoms with Gasteiger partial charge in [0.15, 0.2) is 0 Å². The summed E-state index contributed by atoms with van der Waals surface area (Å²) in [5.74, 6) is -0.338. The highest BCUT2D eigenvalue weighted by Crippen LogP contribution is 2.29. The fourth-order valence-corrected chi connectivity index (χ4v) is 3.15. The molecule has 0 aliphatic carbocycles. The van der Waals surface area contributed by atoms with E-state index in [4.69, 9.17) is 0 Å². The molecule has 0 saturated heterocycles. The molecule has 2 rings (SSSR count). The highest BCUT2D eigenvalue weighted by Gasteiger charge is 2.22. The average molecular weight is 328 g/mol. The fraction of sp³-hybridized carbons (Fsp3) is 0.524. The topological polar surface area (TPSA) is 25.8 Å². The van der Waals surface area contributed by atoms with Gasteiger partial charge in [0.2, 0.25) is 5.95 Å². The largest absolute Gasteiger partial charge is 0.264 e. The second-order valence-electron chi connectivity index (χ2n) is 8.85. The van der Waals surface area contributed by atoms with Gasteiger partial charge in [-0.3, -0.25) is 4.98 Å². The molecule has 3 heteroatoms. The molecule has 2 nitrogen and oxygen atoms in total. The maximum Gasteiger partial charge on any atom is 0.216 e. The summed E-state index contributed by atoms with van der Waals surface area (Å²) in [4.78, 5) is 8.23. The molecule has 0 amide bonds. The zero-order chi connectivity index (χ0) is 18.0. The van der Waals surface area contributed by atoms with Crippen molar-refractivity contribution in [2.75, 3.05) is 0 Å². The van der Waals surface area contributed by atoms with Crippen LogP contribution in [0.25, 0.3) is 0 Å². The van der Waals surface area contributed by atoms with Crippen molar-refractivity contribution in [1.29, 1.82) is 0 Å². The minimum atomic E-state index is -0.338. The molecule has 130 valence electrons. The molecule has 0 N–H and O–H groups in total. The zero-order valence-corrected chi connectivity index (χ0v) is 15.8. The van der Waals surface area contributed by atoms with Gasteiger partial charge in [0.25, 0.3) is 0 Å². The Morgan fingerprint density at radius 2 is 1.67 bits per heavy atom.